The minimum atomic E-state index is -3.68. The normalized spacial score (nSPS) is 16.3. The van der Waals surface area contributed by atoms with Gasteiger partial charge in [-0.25, -0.2) is 12.4 Å². The second kappa shape index (κ2) is 7.66. The van der Waals surface area contributed by atoms with Gasteiger partial charge in [-0.15, -0.1) is 11.8 Å². The molecule has 0 saturated heterocycles. The van der Waals surface area contributed by atoms with Gasteiger partial charge in [0.1, 0.15) is 0 Å². The molecule has 142 valence electrons. The molecule has 2 aromatic carbocycles. The van der Waals surface area contributed by atoms with Crippen molar-refractivity contribution in [2.45, 2.75) is 21.5 Å². The van der Waals surface area contributed by atoms with E-state index in [4.69, 9.17) is 11.6 Å². The third-order valence-corrected chi connectivity index (χ3v) is 7.87. The van der Waals surface area contributed by atoms with Crippen molar-refractivity contribution in [3.05, 3.63) is 102 Å². The van der Waals surface area contributed by atoms with Crippen LogP contribution in [0.25, 0.3) is 5.57 Å². The lowest BCUT2D eigenvalue weighted by Gasteiger charge is -2.24. The Labute approximate surface area is 174 Å². The van der Waals surface area contributed by atoms with Crippen LogP contribution in [-0.2, 0) is 10.0 Å². The maximum absolute atomic E-state index is 13.3. The summed E-state index contributed by atoms with van der Waals surface area (Å²) in [5, 5.41) is 0.644. The Bertz CT molecular complexity index is 1150. The summed E-state index contributed by atoms with van der Waals surface area (Å²) in [6, 6.07) is 18.0. The molecule has 0 aliphatic heterocycles. The summed E-state index contributed by atoms with van der Waals surface area (Å²) in [5.41, 5.74) is 2.65. The van der Waals surface area contributed by atoms with E-state index in [1.165, 1.54) is 3.97 Å². The molecular formula is C22H18ClNO2S2. The molecule has 1 heterocycles. The zero-order chi connectivity index (χ0) is 19.7. The highest BCUT2D eigenvalue weighted by molar-refractivity contribution is 7.99. The van der Waals surface area contributed by atoms with Crippen LogP contribution in [0, 0.1) is 0 Å². The molecule has 0 bridgehead atoms. The lowest BCUT2D eigenvalue weighted by atomic mass is 9.96. The van der Waals surface area contributed by atoms with E-state index in [0.29, 0.717) is 5.02 Å². The summed E-state index contributed by atoms with van der Waals surface area (Å²) < 4.78 is 28.0. The van der Waals surface area contributed by atoms with Crippen molar-refractivity contribution in [1.82, 2.24) is 3.97 Å². The second-order valence-corrected chi connectivity index (χ2v) is 9.92. The first-order chi connectivity index (χ1) is 13.5. The number of hydrogen-bond donors (Lipinski definition) is 0. The minimum Gasteiger partial charge on any atom is -0.244 e. The van der Waals surface area contributed by atoms with Crippen molar-refractivity contribution < 1.29 is 8.42 Å². The molecule has 3 nitrogen and oxygen atoms in total. The number of nitrogens with zero attached hydrogens (tertiary/aromatic N) is 1. The van der Waals surface area contributed by atoms with Gasteiger partial charge in [0.15, 0.2) is 0 Å². The van der Waals surface area contributed by atoms with Crippen LogP contribution in [0.1, 0.15) is 22.9 Å². The van der Waals surface area contributed by atoms with Gasteiger partial charge in [0.2, 0.25) is 0 Å². The van der Waals surface area contributed by atoms with Crippen LogP contribution < -0.4 is 0 Å². The molecule has 0 radical (unpaired) electrons. The third-order valence-electron chi connectivity index (χ3n) is 4.67. The van der Waals surface area contributed by atoms with Gasteiger partial charge in [-0.2, -0.15) is 0 Å². The average Bonchev–Trinajstić information content (AvgIpc) is 3.17. The van der Waals surface area contributed by atoms with E-state index >= 15 is 0 Å². The fraction of sp³-hybridized carbons (Fsp3) is 0.0909. The van der Waals surface area contributed by atoms with Crippen LogP contribution in [0.15, 0.2) is 95.4 Å². The van der Waals surface area contributed by atoms with Crippen LogP contribution in [-0.4, -0.2) is 12.4 Å². The standard InChI is InChI=1S/C22H18ClNO2S2/c1-2-16-8-13-21(27-18-11-9-17(23)10-12-18)22-20(16)14-15-24(22)28(25,26)19-6-4-3-5-7-19/h2-12,14-15,21H,1,13H2. The number of benzene rings is 2. The van der Waals surface area contributed by atoms with Crippen LogP contribution in [0.2, 0.25) is 5.02 Å². The molecule has 0 fully saturated rings. The van der Waals surface area contributed by atoms with E-state index in [9.17, 15) is 8.42 Å². The zero-order valence-electron chi connectivity index (χ0n) is 15.0. The van der Waals surface area contributed by atoms with Gasteiger partial charge in [0.25, 0.3) is 10.0 Å². The van der Waals surface area contributed by atoms with E-state index in [0.717, 1.165) is 28.1 Å². The maximum Gasteiger partial charge on any atom is 0.267 e. The average molecular weight is 428 g/mol. The highest BCUT2D eigenvalue weighted by atomic mass is 35.5. The van der Waals surface area contributed by atoms with E-state index in [1.54, 1.807) is 48.3 Å². The van der Waals surface area contributed by atoms with Crippen molar-refractivity contribution >= 4 is 39.0 Å². The molecule has 0 saturated carbocycles. The summed E-state index contributed by atoms with van der Waals surface area (Å²) in [6.07, 6.45) is 6.25. The van der Waals surface area contributed by atoms with E-state index < -0.39 is 10.0 Å². The Hall–Kier alpha value is -2.21. The number of aromatic nitrogens is 1. The maximum atomic E-state index is 13.3. The molecule has 3 aromatic rings. The van der Waals surface area contributed by atoms with Crippen molar-refractivity contribution in [2.75, 3.05) is 0 Å². The number of rotatable bonds is 5. The molecule has 0 spiro atoms. The van der Waals surface area contributed by atoms with Gasteiger partial charge in [0.05, 0.1) is 15.8 Å². The molecular weight excluding hydrogens is 410 g/mol. The monoisotopic (exact) mass is 427 g/mol. The highest BCUT2D eigenvalue weighted by Gasteiger charge is 2.30. The topological polar surface area (TPSA) is 39.1 Å². The van der Waals surface area contributed by atoms with Crippen molar-refractivity contribution in [3.63, 3.8) is 0 Å². The molecule has 1 aromatic heterocycles. The first kappa shape index (κ1) is 19.1. The van der Waals surface area contributed by atoms with Crippen LogP contribution in [0.5, 0.6) is 0 Å². The first-order valence-corrected chi connectivity index (χ1v) is 11.5. The number of allylic oxidation sites excluding steroid dienone is 3. The third kappa shape index (κ3) is 3.46. The van der Waals surface area contributed by atoms with Gasteiger partial charge in [-0.05, 0) is 54.5 Å². The van der Waals surface area contributed by atoms with Gasteiger partial charge >= 0.3 is 0 Å². The first-order valence-electron chi connectivity index (χ1n) is 8.78. The summed E-state index contributed by atoms with van der Waals surface area (Å²) >= 11 is 7.63. The number of halogens is 1. The largest absolute Gasteiger partial charge is 0.267 e. The minimum absolute atomic E-state index is 0.0339. The van der Waals surface area contributed by atoms with Crippen molar-refractivity contribution in [1.29, 1.82) is 0 Å². The number of hydrogen-bond acceptors (Lipinski definition) is 3. The van der Waals surface area contributed by atoms with Gasteiger partial charge in [-0.3, -0.25) is 0 Å². The number of thioether (sulfide) groups is 1. The van der Waals surface area contributed by atoms with Crippen LogP contribution in [0.3, 0.4) is 0 Å². The van der Waals surface area contributed by atoms with Gasteiger partial charge in [0, 0.05) is 21.7 Å². The lowest BCUT2D eigenvalue weighted by Crippen LogP contribution is -2.18. The molecule has 1 unspecified atom stereocenters. The molecule has 0 N–H and O–H groups in total. The Kier molecular flexibility index (Phi) is 5.23. The van der Waals surface area contributed by atoms with Crippen molar-refractivity contribution in [3.8, 4) is 0 Å². The SMILES string of the molecule is C=CC1=CCC(Sc2ccc(Cl)cc2)c2c1ccn2S(=O)(=O)c1ccccc1. The summed E-state index contributed by atoms with van der Waals surface area (Å²) in [5.74, 6) is 0. The molecule has 4 rings (SSSR count). The fourth-order valence-electron chi connectivity index (χ4n) is 3.33. The Morgan fingerprint density at radius 1 is 1.07 bits per heavy atom. The second-order valence-electron chi connectivity index (χ2n) is 6.39. The van der Waals surface area contributed by atoms with E-state index in [2.05, 4.69) is 12.7 Å². The smallest absolute Gasteiger partial charge is 0.244 e. The molecule has 1 atom stereocenters. The van der Waals surface area contributed by atoms with Gasteiger partial charge in [-0.1, -0.05) is 48.5 Å². The Morgan fingerprint density at radius 2 is 1.79 bits per heavy atom. The van der Waals surface area contributed by atoms with Crippen LogP contribution in [0.4, 0.5) is 0 Å². The van der Waals surface area contributed by atoms with Crippen LogP contribution >= 0.6 is 23.4 Å². The summed E-state index contributed by atoms with van der Waals surface area (Å²) in [6.45, 7) is 3.88. The molecule has 1 aliphatic rings. The molecule has 28 heavy (non-hydrogen) atoms. The predicted octanol–water partition coefficient (Wildman–Crippen LogP) is 6.19. The van der Waals surface area contributed by atoms with Crippen molar-refractivity contribution in [2.24, 2.45) is 0 Å². The lowest BCUT2D eigenvalue weighted by molar-refractivity contribution is 0.584. The zero-order valence-corrected chi connectivity index (χ0v) is 17.3. The summed E-state index contributed by atoms with van der Waals surface area (Å²) in [4.78, 5) is 1.32. The number of fused-ring (bicyclic) bond motifs is 1. The highest BCUT2D eigenvalue weighted by Crippen LogP contribution is 2.46. The summed E-state index contributed by atoms with van der Waals surface area (Å²) in [7, 11) is -3.68. The molecule has 6 heteroatoms. The Balaban J connectivity index is 1.81. The predicted molar refractivity (Wildman–Crippen MR) is 116 cm³/mol. The Morgan fingerprint density at radius 3 is 2.46 bits per heavy atom. The van der Waals surface area contributed by atoms with Gasteiger partial charge < -0.3 is 0 Å². The fourth-order valence-corrected chi connectivity index (χ4v) is 6.12. The molecule has 1 aliphatic carbocycles. The molecule has 0 amide bonds. The van der Waals surface area contributed by atoms with E-state index in [1.807, 2.05) is 36.4 Å². The van der Waals surface area contributed by atoms with E-state index in [-0.39, 0.29) is 10.1 Å². The quantitative estimate of drug-likeness (QED) is 0.487.